The number of amides is 1. The molecule has 0 radical (unpaired) electrons. The molecule has 13 heteroatoms. The number of unbranched alkanes of at least 4 members (excludes halogenated alkanes) is 1. The van der Waals surface area contributed by atoms with Gasteiger partial charge in [-0.15, -0.1) is 10.2 Å². The lowest BCUT2D eigenvalue weighted by Crippen LogP contribution is -2.29. The van der Waals surface area contributed by atoms with Gasteiger partial charge in [0, 0.05) is 11.3 Å². The van der Waals surface area contributed by atoms with Crippen LogP contribution in [-0.4, -0.2) is 53.4 Å². The zero-order chi connectivity index (χ0) is 32.9. The Morgan fingerprint density at radius 2 is 1.83 bits per heavy atom. The number of fused-ring (bicyclic) bond motifs is 1. The predicted molar refractivity (Wildman–Crippen MR) is 176 cm³/mol. The second kappa shape index (κ2) is 14.4. The van der Waals surface area contributed by atoms with Crippen molar-refractivity contribution in [3.8, 4) is 23.0 Å². The van der Waals surface area contributed by atoms with Crippen LogP contribution in [0.25, 0.3) is 5.76 Å². The summed E-state index contributed by atoms with van der Waals surface area (Å²) < 4.78 is 37.9. The van der Waals surface area contributed by atoms with Crippen LogP contribution in [0.4, 0.5) is 9.52 Å². The van der Waals surface area contributed by atoms with E-state index in [1.165, 1.54) is 22.7 Å². The normalized spacial score (nSPS) is 16.8. The topological polar surface area (TPSA) is 120 Å². The first-order valence-electron chi connectivity index (χ1n) is 15.2. The van der Waals surface area contributed by atoms with Crippen LogP contribution in [0.5, 0.6) is 23.0 Å². The molecule has 1 fully saturated rings. The van der Waals surface area contributed by atoms with Crippen molar-refractivity contribution in [2.75, 3.05) is 31.3 Å². The van der Waals surface area contributed by atoms with Crippen molar-refractivity contribution in [3.63, 3.8) is 0 Å². The van der Waals surface area contributed by atoms with Gasteiger partial charge in [0.15, 0.2) is 27.3 Å². The number of benzene rings is 3. The number of hydrogen-bond donors (Lipinski definition) is 1. The Hall–Kier alpha value is -4.62. The third-order valence-electron chi connectivity index (χ3n) is 7.51. The van der Waals surface area contributed by atoms with Crippen molar-refractivity contribution >= 4 is 45.7 Å². The van der Waals surface area contributed by atoms with Crippen LogP contribution in [0.2, 0.25) is 0 Å². The Morgan fingerprint density at radius 1 is 1.02 bits per heavy atom. The monoisotopic (exact) mass is 677 g/mol. The Morgan fingerprint density at radius 3 is 2.62 bits per heavy atom. The lowest BCUT2D eigenvalue weighted by atomic mass is 9.95. The fraction of sp³-hybridized carbons (Fsp3) is 0.294. The zero-order valence-electron chi connectivity index (χ0n) is 25.7. The molecule has 0 aliphatic carbocycles. The third kappa shape index (κ3) is 6.77. The maximum atomic E-state index is 14.2. The number of aliphatic hydroxyl groups excluding tert-OH is 1. The molecule has 1 saturated heterocycles. The van der Waals surface area contributed by atoms with E-state index in [2.05, 4.69) is 17.1 Å². The second-order valence-corrected chi connectivity index (χ2v) is 12.8. The van der Waals surface area contributed by atoms with Gasteiger partial charge in [0.25, 0.3) is 5.78 Å². The molecule has 0 saturated carbocycles. The molecule has 4 aromatic rings. The van der Waals surface area contributed by atoms with Gasteiger partial charge >= 0.3 is 5.91 Å². The second-order valence-electron chi connectivity index (χ2n) is 10.6. The van der Waals surface area contributed by atoms with Crippen molar-refractivity contribution in [3.05, 3.63) is 88.7 Å². The van der Waals surface area contributed by atoms with E-state index >= 15 is 0 Å². The van der Waals surface area contributed by atoms with Crippen molar-refractivity contribution < 1.29 is 38.0 Å². The van der Waals surface area contributed by atoms with E-state index in [1.807, 2.05) is 6.92 Å². The minimum atomic E-state index is -1.08. The van der Waals surface area contributed by atoms with Crippen LogP contribution in [0.3, 0.4) is 0 Å². The van der Waals surface area contributed by atoms with E-state index < -0.39 is 17.7 Å². The minimum Gasteiger partial charge on any atom is -0.507 e. The van der Waals surface area contributed by atoms with Crippen LogP contribution in [0.1, 0.15) is 49.4 Å². The van der Waals surface area contributed by atoms with Gasteiger partial charge in [0.2, 0.25) is 5.13 Å². The minimum absolute atomic E-state index is 0.135. The lowest BCUT2D eigenvalue weighted by Gasteiger charge is -2.24. The van der Waals surface area contributed by atoms with Crippen LogP contribution < -0.4 is 23.8 Å². The predicted octanol–water partition coefficient (Wildman–Crippen LogP) is 6.94. The Bertz CT molecular complexity index is 1830. The van der Waals surface area contributed by atoms with E-state index in [4.69, 9.17) is 18.9 Å². The number of carbonyl (C=O) groups excluding carboxylic acids is 2. The van der Waals surface area contributed by atoms with Gasteiger partial charge in [-0.05, 0) is 60.9 Å². The first-order chi connectivity index (χ1) is 22.9. The van der Waals surface area contributed by atoms with Crippen LogP contribution in [0, 0.1) is 5.82 Å². The molecule has 1 unspecified atom stereocenters. The molecule has 47 heavy (non-hydrogen) atoms. The molecule has 244 valence electrons. The van der Waals surface area contributed by atoms with E-state index in [-0.39, 0.29) is 27.8 Å². The molecule has 1 aromatic heterocycles. The molecule has 10 nitrogen and oxygen atoms in total. The number of aromatic nitrogens is 2. The number of Topliss-reactive ketones (excluding diaryl/α,β-unsaturated/α-hetero) is 1. The fourth-order valence-electron chi connectivity index (χ4n) is 5.21. The molecule has 1 N–H and O–H groups in total. The zero-order valence-corrected chi connectivity index (χ0v) is 27.4. The number of hydrogen-bond acceptors (Lipinski definition) is 11. The number of thioether (sulfide) groups is 1. The first kappa shape index (κ1) is 32.3. The number of nitrogens with zero attached hydrogens (tertiary/aromatic N) is 3. The summed E-state index contributed by atoms with van der Waals surface area (Å²) in [6, 6.07) is 15.4. The van der Waals surface area contributed by atoms with Crippen molar-refractivity contribution in [2.45, 2.75) is 42.8 Å². The molecule has 0 bridgehead atoms. The summed E-state index contributed by atoms with van der Waals surface area (Å²) in [4.78, 5) is 28.8. The maximum absolute atomic E-state index is 14.2. The SMILES string of the molecule is CCCCOc1ccc(C2C(=C(O)c3ccc4c(c3)OCCO4)C(=O)C(=O)N2c2nnc(SCc3ccccc3F)s2)cc1OCC. The molecule has 3 heterocycles. The summed E-state index contributed by atoms with van der Waals surface area (Å²) in [5.41, 5.74) is 1.13. The van der Waals surface area contributed by atoms with Gasteiger partial charge in [-0.25, -0.2) is 4.39 Å². The smallest absolute Gasteiger partial charge is 0.301 e. The number of halogens is 1. The van der Waals surface area contributed by atoms with Gasteiger partial charge in [0.05, 0.1) is 24.8 Å². The highest BCUT2D eigenvalue weighted by Gasteiger charge is 2.48. The summed E-state index contributed by atoms with van der Waals surface area (Å²) in [7, 11) is 0. The molecule has 2 aliphatic heterocycles. The molecule has 1 atom stereocenters. The number of ketones is 1. The molecular weight excluding hydrogens is 646 g/mol. The maximum Gasteiger partial charge on any atom is 0.301 e. The van der Waals surface area contributed by atoms with Crippen molar-refractivity contribution in [1.29, 1.82) is 0 Å². The van der Waals surface area contributed by atoms with Gasteiger partial charge in [-0.3, -0.25) is 14.5 Å². The van der Waals surface area contributed by atoms with Crippen molar-refractivity contribution in [1.82, 2.24) is 10.2 Å². The standard InChI is InChI=1S/C34H32FN3O7S2/c1-3-5-14-43-24-12-10-20(17-26(24)42-4-2)29-28(30(39)21-11-13-25-27(18-21)45-16-15-44-25)31(40)32(41)38(29)33-36-37-34(47-33)46-19-22-8-6-7-9-23(22)35/h6-13,17-18,29,39H,3-5,14-16,19H2,1-2H3. The van der Waals surface area contributed by atoms with Gasteiger partial charge in [0.1, 0.15) is 24.8 Å². The van der Waals surface area contributed by atoms with Crippen LogP contribution in [-0.2, 0) is 15.3 Å². The fourth-order valence-corrected chi connectivity index (χ4v) is 7.07. The highest BCUT2D eigenvalue weighted by molar-refractivity contribution is 8.00. The average molecular weight is 678 g/mol. The molecule has 3 aromatic carbocycles. The highest BCUT2D eigenvalue weighted by atomic mass is 32.2. The molecular formula is C34H32FN3O7S2. The largest absolute Gasteiger partial charge is 0.507 e. The average Bonchev–Trinajstić information content (AvgIpc) is 3.66. The van der Waals surface area contributed by atoms with E-state index in [1.54, 1.807) is 54.6 Å². The van der Waals surface area contributed by atoms with Gasteiger partial charge in [-0.2, -0.15) is 0 Å². The Balaban J connectivity index is 1.42. The molecule has 1 amide bonds. The van der Waals surface area contributed by atoms with E-state index in [0.29, 0.717) is 70.6 Å². The van der Waals surface area contributed by atoms with E-state index in [9.17, 15) is 19.1 Å². The quantitative estimate of drug-likeness (QED) is 0.0422. The van der Waals surface area contributed by atoms with E-state index in [0.717, 1.165) is 24.2 Å². The number of carbonyl (C=O) groups is 2. The number of ether oxygens (including phenoxy) is 4. The lowest BCUT2D eigenvalue weighted by molar-refractivity contribution is -0.132. The molecule has 0 spiro atoms. The summed E-state index contributed by atoms with van der Waals surface area (Å²) in [6.45, 7) is 5.49. The first-order valence-corrected chi connectivity index (χ1v) is 17.0. The Labute approximate surface area is 279 Å². The highest BCUT2D eigenvalue weighted by Crippen LogP contribution is 2.46. The summed E-state index contributed by atoms with van der Waals surface area (Å²) >= 11 is 2.36. The van der Waals surface area contributed by atoms with Gasteiger partial charge in [-0.1, -0.05) is 60.7 Å². The number of anilines is 1. The summed E-state index contributed by atoms with van der Waals surface area (Å²) in [6.07, 6.45) is 1.82. The van der Waals surface area contributed by atoms with Crippen molar-refractivity contribution in [2.24, 2.45) is 0 Å². The third-order valence-corrected chi connectivity index (χ3v) is 9.61. The summed E-state index contributed by atoms with van der Waals surface area (Å²) in [5, 5.41) is 20.3. The molecule has 2 aliphatic rings. The Kier molecular flexibility index (Phi) is 9.92. The summed E-state index contributed by atoms with van der Waals surface area (Å²) in [5.74, 6) is -0.297. The van der Waals surface area contributed by atoms with Crippen LogP contribution >= 0.6 is 23.1 Å². The number of rotatable bonds is 12. The van der Waals surface area contributed by atoms with Gasteiger partial charge < -0.3 is 24.1 Å². The molecule has 6 rings (SSSR count). The van der Waals surface area contributed by atoms with Crippen LogP contribution in [0.15, 0.2) is 70.6 Å². The number of aliphatic hydroxyl groups is 1.